The van der Waals surface area contributed by atoms with E-state index in [0.29, 0.717) is 23.5 Å². The Kier molecular flexibility index (Phi) is 8.86. The van der Waals surface area contributed by atoms with Gasteiger partial charge in [-0.15, -0.1) is 0 Å². The molecule has 2 heterocycles. The van der Waals surface area contributed by atoms with E-state index in [1.165, 1.54) is 30.3 Å². The topological polar surface area (TPSA) is 149 Å². The number of ketones is 1. The molecule has 1 aromatic heterocycles. The lowest BCUT2D eigenvalue weighted by molar-refractivity contribution is -0.384. The van der Waals surface area contributed by atoms with Gasteiger partial charge in [0, 0.05) is 17.7 Å². The van der Waals surface area contributed by atoms with Crippen LogP contribution in [0.15, 0.2) is 91.0 Å². The number of thiazole rings is 1. The molecule has 0 spiro atoms. The first kappa shape index (κ1) is 30.8. The van der Waals surface area contributed by atoms with Crippen molar-refractivity contribution in [2.75, 3.05) is 11.5 Å². The molecule has 3 aromatic carbocycles. The molecule has 1 N–H and O–H groups in total. The van der Waals surface area contributed by atoms with Crippen LogP contribution >= 0.6 is 11.3 Å². The number of non-ortho nitro benzene ring substituents is 1. The molecule has 1 amide bonds. The van der Waals surface area contributed by atoms with E-state index in [1.54, 1.807) is 32.0 Å². The van der Waals surface area contributed by atoms with E-state index in [4.69, 9.17) is 9.47 Å². The molecule has 45 heavy (non-hydrogen) atoms. The summed E-state index contributed by atoms with van der Waals surface area (Å²) in [5, 5.41) is 22.9. The largest absolute Gasteiger partial charge is 0.507 e. The highest BCUT2D eigenvalue weighted by atomic mass is 32.1. The normalized spacial score (nSPS) is 15.6. The van der Waals surface area contributed by atoms with Gasteiger partial charge in [-0.25, -0.2) is 9.78 Å². The van der Waals surface area contributed by atoms with E-state index in [2.05, 4.69) is 11.6 Å². The standard InChI is InChI=1S/C33H27N3O8S/c1-4-16-43-32(40)30-20(3)34-33(45-30)35-27(22-10-13-24(14-11-22)36(41)42)26(29(38)31(35)39)28(37)23-12-15-25(19(2)17-23)44-18-21-8-6-5-7-9-21/h4-15,17,27,37H,1,16,18H2,2-3H3/t27-/m1/s1. The molecule has 0 aliphatic carbocycles. The van der Waals surface area contributed by atoms with Gasteiger partial charge in [-0.1, -0.05) is 54.3 Å². The number of aliphatic hydroxyl groups is 1. The van der Waals surface area contributed by atoms with Crippen molar-refractivity contribution in [3.05, 3.63) is 134 Å². The van der Waals surface area contributed by atoms with E-state index in [9.17, 15) is 29.6 Å². The summed E-state index contributed by atoms with van der Waals surface area (Å²) in [5.41, 5.74) is 2.05. The molecule has 0 unspecified atom stereocenters. The summed E-state index contributed by atoms with van der Waals surface area (Å²) in [7, 11) is 0. The minimum atomic E-state index is -1.21. The highest BCUT2D eigenvalue weighted by Crippen LogP contribution is 2.44. The quantitative estimate of drug-likeness (QED) is 0.0412. The smallest absolute Gasteiger partial charge is 0.350 e. The molecule has 1 aliphatic heterocycles. The van der Waals surface area contributed by atoms with E-state index in [0.717, 1.165) is 21.8 Å². The first-order valence-electron chi connectivity index (χ1n) is 13.7. The summed E-state index contributed by atoms with van der Waals surface area (Å²) in [6.45, 7) is 7.16. The summed E-state index contributed by atoms with van der Waals surface area (Å²) >= 11 is 0.849. The first-order chi connectivity index (χ1) is 21.6. The number of nitrogens with zero attached hydrogens (tertiary/aromatic N) is 3. The van der Waals surface area contributed by atoms with Crippen molar-refractivity contribution in [3.63, 3.8) is 0 Å². The Morgan fingerprint density at radius 2 is 1.82 bits per heavy atom. The number of carbonyl (C=O) groups excluding carboxylic acids is 3. The fraction of sp³-hybridized carbons (Fsp3) is 0.152. The molecule has 11 nitrogen and oxygen atoms in total. The Bertz CT molecular complexity index is 1850. The van der Waals surface area contributed by atoms with Gasteiger partial charge < -0.3 is 14.6 Å². The van der Waals surface area contributed by atoms with E-state index in [-0.39, 0.29) is 39.1 Å². The fourth-order valence-electron chi connectivity index (χ4n) is 4.85. The number of hydrogen-bond acceptors (Lipinski definition) is 10. The van der Waals surface area contributed by atoms with Crippen LogP contribution in [0.3, 0.4) is 0 Å². The summed E-state index contributed by atoms with van der Waals surface area (Å²) in [5.74, 6) is -2.53. The molecule has 1 atom stereocenters. The predicted molar refractivity (Wildman–Crippen MR) is 167 cm³/mol. The van der Waals surface area contributed by atoms with Crippen LogP contribution in [-0.4, -0.2) is 39.3 Å². The lowest BCUT2D eigenvalue weighted by Crippen LogP contribution is -2.29. The number of amides is 1. The van der Waals surface area contributed by atoms with Crippen molar-refractivity contribution in [2.45, 2.75) is 26.5 Å². The summed E-state index contributed by atoms with van der Waals surface area (Å²) < 4.78 is 11.1. The molecule has 228 valence electrons. The molecule has 5 rings (SSSR count). The Hall–Kier alpha value is -5.62. The van der Waals surface area contributed by atoms with E-state index >= 15 is 0 Å². The number of nitro groups is 1. The van der Waals surface area contributed by atoms with Crippen LogP contribution in [0.2, 0.25) is 0 Å². The zero-order chi connectivity index (χ0) is 32.2. The molecule has 0 bridgehead atoms. The third kappa shape index (κ3) is 6.22. The number of Topliss-reactive ketones (excluding diaryl/α,β-unsaturated/α-hetero) is 1. The number of aryl methyl sites for hydroxylation is 2. The van der Waals surface area contributed by atoms with Crippen LogP contribution in [0.1, 0.15) is 43.7 Å². The monoisotopic (exact) mass is 625 g/mol. The number of aliphatic hydroxyl groups excluding tert-OH is 1. The Balaban J connectivity index is 1.57. The number of anilines is 1. The van der Waals surface area contributed by atoms with Crippen molar-refractivity contribution in [3.8, 4) is 5.75 Å². The van der Waals surface area contributed by atoms with Crippen LogP contribution < -0.4 is 9.64 Å². The lowest BCUT2D eigenvalue weighted by Gasteiger charge is -2.23. The number of esters is 1. The van der Waals surface area contributed by atoms with Gasteiger partial charge in [-0.05, 0) is 60.9 Å². The number of benzene rings is 3. The summed E-state index contributed by atoms with van der Waals surface area (Å²) in [4.78, 5) is 56.1. The molecule has 0 radical (unpaired) electrons. The highest BCUT2D eigenvalue weighted by molar-refractivity contribution is 7.17. The average molecular weight is 626 g/mol. The number of rotatable bonds is 10. The van der Waals surface area contributed by atoms with E-state index in [1.807, 2.05) is 30.3 Å². The van der Waals surface area contributed by atoms with Gasteiger partial charge in [-0.3, -0.25) is 24.6 Å². The van der Waals surface area contributed by atoms with Crippen LogP contribution in [0.25, 0.3) is 5.76 Å². The molecule has 1 saturated heterocycles. The average Bonchev–Trinajstić information content (AvgIpc) is 3.55. The van der Waals surface area contributed by atoms with Crippen molar-refractivity contribution in [2.24, 2.45) is 0 Å². The number of nitro benzene ring substituents is 1. The maximum atomic E-state index is 13.6. The third-order valence-corrected chi connectivity index (χ3v) is 8.20. The minimum absolute atomic E-state index is 0.0170. The second-order valence-corrected chi connectivity index (χ2v) is 11.0. The minimum Gasteiger partial charge on any atom is -0.507 e. The fourth-order valence-corrected chi connectivity index (χ4v) is 5.84. The second-order valence-electron chi connectivity index (χ2n) is 10.1. The molecular formula is C33H27N3O8S. The maximum absolute atomic E-state index is 13.6. The van der Waals surface area contributed by atoms with Crippen molar-refractivity contribution < 1.29 is 33.9 Å². The summed E-state index contributed by atoms with van der Waals surface area (Å²) in [6.07, 6.45) is 1.41. The van der Waals surface area contributed by atoms with Gasteiger partial charge in [0.15, 0.2) is 5.13 Å². The predicted octanol–water partition coefficient (Wildman–Crippen LogP) is 6.22. The zero-order valence-corrected chi connectivity index (χ0v) is 25.1. The third-order valence-electron chi connectivity index (χ3n) is 7.06. The van der Waals surface area contributed by atoms with Crippen molar-refractivity contribution >= 4 is 45.6 Å². The summed E-state index contributed by atoms with van der Waals surface area (Å²) in [6, 6.07) is 18.5. The highest BCUT2D eigenvalue weighted by Gasteiger charge is 2.48. The second kappa shape index (κ2) is 12.9. The molecular weight excluding hydrogens is 598 g/mol. The molecule has 1 fully saturated rings. The van der Waals surface area contributed by atoms with Gasteiger partial charge in [0.1, 0.15) is 29.6 Å². The lowest BCUT2D eigenvalue weighted by atomic mass is 9.94. The first-order valence-corrected chi connectivity index (χ1v) is 14.5. The molecule has 0 saturated carbocycles. The Morgan fingerprint density at radius 1 is 1.11 bits per heavy atom. The molecule has 4 aromatic rings. The van der Waals surface area contributed by atoms with Crippen molar-refractivity contribution in [1.29, 1.82) is 0 Å². The Morgan fingerprint density at radius 3 is 2.47 bits per heavy atom. The van der Waals surface area contributed by atoms with Crippen LogP contribution in [-0.2, 0) is 20.9 Å². The van der Waals surface area contributed by atoms with Gasteiger partial charge in [0.05, 0.1) is 22.2 Å². The Labute approximate surface area is 261 Å². The van der Waals surface area contributed by atoms with Gasteiger partial charge in [0.25, 0.3) is 11.5 Å². The zero-order valence-electron chi connectivity index (χ0n) is 24.3. The number of ether oxygens (including phenoxy) is 2. The van der Waals surface area contributed by atoms with Crippen LogP contribution in [0.4, 0.5) is 10.8 Å². The van der Waals surface area contributed by atoms with Crippen molar-refractivity contribution in [1.82, 2.24) is 4.98 Å². The van der Waals surface area contributed by atoms with Crippen LogP contribution in [0, 0.1) is 24.0 Å². The maximum Gasteiger partial charge on any atom is 0.350 e. The van der Waals surface area contributed by atoms with Crippen LogP contribution in [0.5, 0.6) is 5.75 Å². The molecule has 12 heteroatoms. The van der Waals surface area contributed by atoms with E-state index < -0.39 is 34.4 Å². The SMILES string of the molecule is C=CCOC(=O)c1sc(N2C(=O)C(=O)C(=C(O)c3ccc(OCc4ccccc4)c(C)c3)[C@H]2c2ccc([N+](=O)[O-])cc2)nc1C. The number of carbonyl (C=O) groups is 3. The van der Waals surface area contributed by atoms with Gasteiger partial charge in [0.2, 0.25) is 0 Å². The number of aromatic nitrogens is 1. The van der Waals surface area contributed by atoms with Gasteiger partial charge >= 0.3 is 11.9 Å². The number of hydrogen-bond donors (Lipinski definition) is 1. The molecule has 1 aliphatic rings. The van der Waals surface area contributed by atoms with Gasteiger partial charge in [-0.2, -0.15) is 0 Å².